The molecule has 0 aliphatic carbocycles. The van der Waals surface area contributed by atoms with Crippen LogP contribution in [0.4, 0.5) is 0 Å². The lowest BCUT2D eigenvalue weighted by atomic mass is 9.76. The molecule has 3 heterocycles. The Balaban J connectivity index is 1.16. The van der Waals surface area contributed by atoms with Crippen molar-refractivity contribution >= 4 is 7.82 Å². The lowest BCUT2D eigenvalue weighted by Gasteiger charge is -2.51. The van der Waals surface area contributed by atoms with Gasteiger partial charge in [0.2, 0.25) is 0 Å². The van der Waals surface area contributed by atoms with Gasteiger partial charge in [0.1, 0.15) is 23.7 Å². The van der Waals surface area contributed by atoms with E-state index in [0.717, 1.165) is 11.1 Å². The number of benzene rings is 4. The molecule has 4 aromatic rings. The molecule has 268 valence electrons. The summed E-state index contributed by atoms with van der Waals surface area (Å²) in [6, 6.07) is 37.7. The summed E-state index contributed by atoms with van der Waals surface area (Å²) in [5.41, 5.74) is 2.13. The first kappa shape index (κ1) is 35.3. The van der Waals surface area contributed by atoms with E-state index in [2.05, 4.69) is 26.0 Å². The van der Waals surface area contributed by atoms with E-state index >= 15 is 0 Å². The summed E-state index contributed by atoms with van der Waals surface area (Å²) in [7, 11) is -4.33. The zero-order valence-electron chi connectivity index (χ0n) is 29.1. The Labute approximate surface area is 300 Å². The van der Waals surface area contributed by atoms with Crippen molar-refractivity contribution in [3.05, 3.63) is 144 Å². The van der Waals surface area contributed by atoms with E-state index in [4.69, 9.17) is 37.3 Å². The second kappa shape index (κ2) is 15.6. The first-order valence-corrected chi connectivity index (χ1v) is 19.1. The molecule has 0 amide bonds. The van der Waals surface area contributed by atoms with Crippen molar-refractivity contribution < 1.29 is 41.8 Å². The quantitative estimate of drug-likeness (QED) is 0.133. The fourth-order valence-electron chi connectivity index (χ4n) is 7.02. The summed E-state index contributed by atoms with van der Waals surface area (Å²) in [6.07, 6.45) is 0.619. The molecule has 3 aliphatic rings. The first-order valence-electron chi connectivity index (χ1n) is 17.6. The maximum atomic E-state index is 14.5. The van der Waals surface area contributed by atoms with Crippen LogP contribution in [0.2, 0.25) is 0 Å². The number of phosphoric acid groups is 1. The second-order valence-electron chi connectivity index (χ2n) is 13.5. The van der Waals surface area contributed by atoms with Crippen LogP contribution in [0.5, 0.6) is 11.5 Å². The second-order valence-corrected chi connectivity index (χ2v) is 15.0. The molecule has 0 saturated carbocycles. The third-order valence-electron chi connectivity index (χ3n) is 9.92. The fraction of sp³-hybridized carbons (Fsp3) is 0.366. The zero-order chi connectivity index (χ0) is 35.3. The summed E-state index contributed by atoms with van der Waals surface area (Å²) in [5, 5.41) is 0. The number of hydrogen-bond acceptors (Lipinski definition) is 9. The molecule has 9 nitrogen and oxygen atoms in total. The van der Waals surface area contributed by atoms with Crippen molar-refractivity contribution in [2.45, 2.75) is 70.6 Å². The van der Waals surface area contributed by atoms with E-state index in [1.54, 1.807) is 54.6 Å². The third kappa shape index (κ3) is 8.35. The summed E-state index contributed by atoms with van der Waals surface area (Å²) < 4.78 is 65.8. The van der Waals surface area contributed by atoms with Gasteiger partial charge in [-0.05, 0) is 35.4 Å². The van der Waals surface area contributed by atoms with Crippen molar-refractivity contribution in [1.29, 1.82) is 0 Å². The van der Waals surface area contributed by atoms with E-state index in [-0.39, 0.29) is 29.8 Å². The van der Waals surface area contributed by atoms with Crippen LogP contribution in [0.15, 0.2) is 133 Å². The van der Waals surface area contributed by atoms with Crippen molar-refractivity contribution in [2.24, 2.45) is 17.8 Å². The molecule has 0 aromatic heterocycles. The van der Waals surface area contributed by atoms with E-state index in [9.17, 15) is 4.57 Å². The van der Waals surface area contributed by atoms with Crippen LogP contribution in [0.25, 0.3) is 0 Å². The van der Waals surface area contributed by atoms with Crippen molar-refractivity contribution in [1.82, 2.24) is 0 Å². The van der Waals surface area contributed by atoms with Gasteiger partial charge >= 0.3 is 7.82 Å². The number of fused-ring (bicyclic) bond motifs is 1. The normalized spacial score (nSPS) is 28.9. The molecule has 1 spiro atoms. The third-order valence-corrected chi connectivity index (χ3v) is 11.2. The first-order chi connectivity index (χ1) is 24.8. The Morgan fingerprint density at radius 2 is 1.22 bits per heavy atom. The van der Waals surface area contributed by atoms with Gasteiger partial charge in [0.05, 0.1) is 32.0 Å². The standard InChI is InChI=1S/C41H45O9P/c1-29-24-37(50-51(42,48-34-20-12-6-13-21-34)49-35-22-14-7-15-23-35)46-39-30(2)31(3)41(25-36(28-45-41)43-26-32-16-8-4-9-17-32)47-40(39)38(29)44-27-33-18-10-5-11-19-33/h4-24,29-31,36,38-40H,25-28H2,1-3H3/t29-,30+,31+,36+,38+,39-,40+,41-/m1/s1. The van der Waals surface area contributed by atoms with Crippen molar-refractivity contribution in [2.75, 3.05) is 6.61 Å². The molecule has 0 N–H and O–H groups in total. The van der Waals surface area contributed by atoms with Crippen LogP contribution in [0, 0.1) is 17.8 Å². The summed E-state index contributed by atoms with van der Waals surface area (Å²) in [6.45, 7) is 7.51. The molecule has 0 radical (unpaired) electrons. The van der Waals surface area contributed by atoms with Gasteiger partial charge in [-0.15, -0.1) is 0 Å². The number of ether oxygens (including phenoxy) is 5. The molecule has 51 heavy (non-hydrogen) atoms. The molecule has 4 aromatic carbocycles. The highest BCUT2D eigenvalue weighted by atomic mass is 31.2. The minimum atomic E-state index is -4.33. The van der Waals surface area contributed by atoms with Crippen LogP contribution in [0.1, 0.15) is 38.3 Å². The molecule has 8 atom stereocenters. The van der Waals surface area contributed by atoms with E-state index < -0.39 is 31.9 Å². The topological polar surface area (TPSA) is 90.9 Å². The lowest BCUT2D eigenvalue weighted by molar-refractivity contribution is -0.338. The predicted molar refractivity (Wildman–Crippen MR) is 191 cm³/mol. The highest BCUT2D eigenvalue weighted by Gasteiger charge is 2.59. The summed E-state index contributed by atoms with van der Waals surface area (Å²) in [4.78, 5) is 0. The molecular formula is C41H45O9P. The van der Waals surface area contributed by atoms with E-state index in [1.807, 2.05) is 67.6 Å². The Morgan fingerprint density at radius 3 is 1.78 bits per heavy atom. The molecule has 10 heteroatoms. The summed E-state index contributed by atoms with van der Waals surface area (Å²) in [5.74, 6) is -0.727. The van der Waals surface area contributed by atoms with Crippen LogP contribution in [0.3, 0.4) is 0 Å². The average Bonchev–Trinajstić information content (AvgIpc) is 3.51. The number of hydrogen-bond donors (Lipinski definition) is 0. The highest BCUT2D eigenvalue weighted by Crippen LogP contribution is 2.54. The largest absolute Gasteiger partial charge is 0.649 e. The van der Waals surface area contributed by atoms with Gasteiger partial charge in [-0.1, -0.05) is 118 Å². The Bertz CT molecular complexity index is 1730. The summed E-state index contributed by atoms with van der Waals surface area (Å²) >= 11 is 0. The molecule has 7 rings (SSSR count). The fourth-order valence-corrected chi connectivity index (χ4v) is 8.21. The monoisotopic (exact) mass is 712 g/mol. The van der Waals surface area contributed by atoms with Crippen molar-refractivity contribution in [3.63, 3.8) is 0 Å². The van der Waals surface area contributed by atoms with Gasteiger partial charge in [0.25, 0.3) is 5.95 Å². The Kier molecular flexibility index (Phi) is 10.8. The minimum absolute atomic E-state index is 0.0218. The predicted octanol–water partition coefficient (Wildman–Crippen LogP) is 9.10. The Morgan fingerprint density at radius 1 is 0.686 bits per heavy atom. The van der Waals surface area contributed by atoms with Crippen LogP contribution in [-0.2, 0) is 46.0 Å². The molecule has 0 bridgehead atoms. The lowest BCUT2D eigenvalue weighted by Crippen LogP contribution is -2.61. The average molecular weight is 713 g/mol. The van der Waals surface area contributed by atoms with Gasteiger partial charge < -0.3 is 37.3 Å². The molecule has 2 saturated heterocycles. The minimum Gasteiger partial charge on any atom is -0.459 e. The van der Waals surface area contributed by atoms with Crippen LogP contribution >= 0.6 is 7.82 Å². The van der Waals surface area contributed by atoms with Crippen molar-refractivity contribution in [3.8, 4) is 11.5 Å². The van der Waals surface area contributed by atoms with Gasteiger partial charge in [-0.3, -0.25) is 0 Å². The zero-order valence-corrected chi connectivity index (χ0v) is 30.0. The number of phosphoric ester groups is 1. The van der Waals surface area contributed by atoms with Gasteiger partial charge in [-0.2, -0.15) is 4.57 Å². The SMILES string of the molecule is C[C@@H]1[C@H]2OC(OP(=O)(Oc3ccccc3)Oc3ccccc3)=C[C@@H](C)[C@H](OCc3ccccc3)[C@@H]2O[C@]2(C[C@H](OCc3ccccc3)CO2)[C@H]1C. The highest BCUT2D eigenvalue weighted by molar-refractivity contribution is 7.49. The van der Waals surface area contributed by atoms with Gasteiger partial charge in [0, 0.05) is 30.3 Å². The maximum Gasteiger partial charge on any atom is 0.649 e. The Hall–Kier alpha value is -4.11. The van der Waals surface area contributed by atoms with Crippen LogP contribution in [-0.4, -0.2) is 36.8 Å². The van der Waals surface area contributed by atoms with Gasteiger partial charge in [-0.25, -0.2) is 0 Å². The smallest absolute Gasteiger partial charge is 0.459 e. The van der Waals surface area contributed by atoms with Crippen LogP contribution < -0.4 is 9.05 Å². The van der Waals surface area contributed by atoms with E-state index in [0.29, 0.717) is 37.7 Å². The molecule has 2 fully saturated rings. The molecule has 0 unspecified atom stereocenters. The maximum absolute atomic E-state index is 14.5. The molecular weight excluding hydrogens is 667 g/mol. The number of rotatable bonds is 12. The number of para-hydroxylation sites is 2. The van der Waals surface area contributed by atoms with E-state index in [1.165, 1.54) is 0 Å². The van der Waals surface area contributed by atoms with Gasteiger partial charge in [0.15, 0.2) is 5.79 Å². The molecule has 3 aliphatic heterocycles.